The lowest BCUT2D eigenvalue weighted by Crippen LogP contribution is -2.27. The van der Waals surface area contributed by atoms with Gasteiger partial charge >= 0.3 is 0 Å². The lowest BCUT2D eigenvalue weighted by molar-refractivity contribution is 0.0940. The van der Waals surface area contributed by atoms with E-state index in [1.165, 1.54) is 24.3 Å². The van der Waals surface area contributed by atoms with Gasteiger partial charge in [-0.25, -0.2) is 13.1 Å². The Hall–Kier alpha value is -1.89. The predicted molar refractivity (Wildman–Crippen MR) is 97.1 cm³/mol. The van der Waals surface area contributed by atoms with E-state index in [0.717, 1.165) is 18.4 Å². The average molecular weight is 379 g/mol. The summed E-state index contributed by atoms with van der Waals surface area (Å²) in [5.74, 6) is -0.272. The van der Waals surface area contributed by atoms with Gasteiger partial charge in [0.25, 0.3) is 5.91 Å². The van der Waals surface area contributed by atoms with E-state index in [4.69, 9.17) is 11.6 Å². The van der Waals surface area contributed by atoms with Crippen molar-refractivity contribution in [1.82, 2.24) is 10.0 Å². The second-order valence-corrected chi connectivity index (χ2v) is 8.32. The molecule has 2 aromatic rings. The van der Waals surface area contributed by atoms with Gasteiger partial charge in [-0.1, -0.05) is 23.7 Å². The molecule has 0 bridgehead atoms. The molecule has 0 aromatic heterocycles. The van der Waals surface area contributed by atoms with Crippen molar-refractivity contribution in [2.24, 2.45) is 0 Å². The molecular weight excluding hydrogens is 360 g/mol. The Morgan fingerprint density at radius 2 is 1.84 bits per heavy atom. The third kappa shape index (κ3) is 4.60. The maximum atomic E-state index is 12.4. The fraction of sp³-hybridized carbons (Fsp3) is 0.278. The number of halogens is 1. The molecule has 25 heavy (non-hydrogen) atoms. The molecule has 1 saturated carbocycles. The molecule has 0 radical (unpaired) electrons. The monoisotopic (exact) mass is 378 g/mol. The summed E-state index contributed by atoms with van der Waals surface area (Å²) in [4.78, 5) is 12.5. The minimum atomic E-state index is -3.51. The second kappa shape index (κ2) is 7.15. The van der Waals surface area contributed by atoms with Crippen LogP contribution >= 0.6 is 11.6 Å². The van der Waals surface area contributed by atoms with Crippen LogP contribution in [0.2, 0.25) is 5.02 Å². The maximum absolute atomic E-state index is 12.4. The Labute approximate surface area is 152 Å². The van der Waals surface area contributed by atoms with Crippen LogP contribution in [0.5, 0.6) is 0 Å². The van der Waals surface area contributed by atoms with E-state index >= 15 is 0 Å². The van der Waals surface area contributed by atoms with Gasteiger partial charge in [0.1, 0.15) is 0 Å². The topological polar surface area (TPSA) is 75.3 Å². The third-order valence-corrected chi connectivity index (χ3v) is 5.79. The van der Waals surface area contributed by atoms with Gasteiger partial charge in [0, 0.05) is 16.6 Å². The average Bonchev–Trinajstić information content (AvgIpc) is 3.38. The van der Waals surface area contributed by atoms with Crippen LogP contribution in [0.3, 0.4) is 0 Å². The molecule has 0 saturated heterocycles. The Bertz CT molecular complexity index is 877. The van der Waals surface area contributed by atoms with Crippen molar-refractivity contribution in [1.29, 1.82) is 0 Å². The number of sulfonamides is 1. The molecule has 132 valence electrons. The van der Waals surface area contributed by atoms with Gasteiger partial charge in [0.2, 0.25) is 10.0 Å². The quantitative estimate of drug-likeness (QED) is 0.810. The summed E-state index contributed by atoms with van der Waals surface area (Å²) in [5.41, 5.74) is 1.30. The number of carbonyl (C=O) groups excluding carboxylic acids is 1. The summed E-state index contributed by atoms with van der Waals surface area (Å²) < 4.78 is 26.9. The molecule has 0 spiro atoms. The second-order valence-electron chi connectivity index (χ2n) is 6.17. The standard InChI is InChI=1S/C18H19ClN2O3S/c1-12(14-3-2-4-15(19)11-14)20-18(22)13-5-9-17(10-6-13)25(23,24)21-16-7-8-16/h2-6,9-12,16,21H,7-8H2,1H3,(H,20,22)/t12-/m0/s1. The van der Waals surface area contributed by atoms with Crippen molar-refractivity contribution in [3.8, 4) is 0 Å². The highest BCUT2D eigenvalue weighted by Gasteiger charge is 2.28. The molecule has 2 N–H and O–H groups in total. The SMILES string of the molecule is C[C@H](NC(=O)c1ccc(S(=O)(=O)NC2CC2)cc1)c1cccc(Cl)c1. The summed E-state index contributed by atoms with van der Waals surface area (Å²) in [6.07, 6.45) is 1.75. The highest BCUT2D eigenvalue weighted by molar-refractivity contribution is 7.89. The van der Waals surface area contributed by atoms with Gasteiger partial charge in [-0.2, -0.15) is 0 Å². The zero-order chi connectivity index (χ0) is 18.0. The number of rotatable bonds is 6. The van der Waals surface area contributed by atoms with E-state index < -0.39 is 10.0 Å². The minimum Gasteiger partial charge on any atom is -0.346 e. The first-order chi connectivity index (χ1) is 11.8. The first-order valence-electron chi connectivity index (χ1n) is 8.04. The van der Waals surface area contributed by atoms with Gasteiger partial charge in [0.15, 0.2) is 0 Å². The summed E-state index contributed by atoms with van der Waals surface area (Å²) in [6, 6.07) is 13.0. The fourth-order valence-electron chi connectivity index (χ4n) is 2.41. The van der Waals surface area contributed by atoms with Gasteiger partial charge in [-0.3, -0.25) is 4.79 Å². The van der Waals surface area contributed by atoms with Crippen LogP contribution in [0.15, 0.2) is 53.4 Å². The third-order valence-electron chi connectivity index (χ3n) is 4.02. The van der Waals surface area contributed by atoms with E-state index in [0.29, 0.717) is 10.6 Å². The summed E-state index contributed by atoms with van der Waals surface area (Å²) >= 11 is 5.97. The first-order valence-corrected chi connectivity index (χ1v) is 9.90. The van der Waals surface area contributed by atoms with Gasteiger partial charge in [-0.15, -0.1) is 0 Å². The first kappa shape index (κ1) is 17.9. The summed E-state index contributed by atoms with van der Waals surface area (Å²) in [6.45, 7) is 1.86. The van der Waals surface area contributed by atoms with E-state index in [9.17, 15) is 13.2 Å². The number of hydrogen-bond donors (Lipinski definition) is 2. The zero-order valence-electron chi connectivity index (χ0n) is 13.7. The Kier molecular flexibility index (Phi) is 5.13. The van der Waals surface area contributed by atoms with Crippen LogP contribution in [-0.4, -0.2) is 20.4 Å². The van der Waals surface area contributed by atoms with Crippen LogP contribution < -0.4 is 10.0 Å². The number of hydrogen-bond acceptors (Lipinski definition) is 3. The van der Waals surface area contributed by atoms with Crippen LogP contribution in [0.1, 0.15) is 41.7 Å². The molecule has 5 nitrogen and oxygen atoms in total. The molecular formula is C18H19ClN2O3S. The van der Waals surface area contributed by atoms with Crippen LogP contribution in [0.25, 0.3) is 0 Å². The smallest absolute Gasteiger partial charge is 0.251 e. The van der Waals surface area contributed by atoms with Crippen molar-refractivity contribution in [3.63, 3.8) is 0 Å². The molecule has 1 fully saturated rings. The molecule has 1 aliphatic carbocycles. The maximum Gasteiger partial charge on any atom is 0.251 e. The Morgan fingerprint density at radius 3 is 2.44 bits per heavy atom. The normalized spacial score (nSPS) is 15.6. The van der Waals surface area contributed by atoms with Crippen molar-refractivity contribution in [2.45, 2.75) is 36.7 Å². The van der Waals surface area contributed by atoms with Gasteiger partial charge in [0.05, 0.1) is 10.9 Å². The van der Waals surface area contributed by atoms with Crippen LogP contribution in [0.4, 0.5) is 0 Å². The molecule has 1 aliphatic rings. The predicted octanol–water partition coefficient (Wildman–Crippen LogP) is 3.27. The van der Waals surface area contributed by atoms with Crippen molar-refractivity contribution < 1.29 is 13.2 Å². The molecule has 7 heteroatoms. The van der Waals surface area contributed by atoms with E-state index in [2.05, 4.69) is 10.0 Å². The fourth-order valence-corrected chi connectivity index (χ4v) is 3.92. The van der Waals surface area contributed by atoms with Crippen molar-refractivity contribution in [2.75, 3.05) is 0 Å². The molecule has 0 heterocycles. The van der Waals surface area contributed by atoms with E-state index in [1.807, 2.05) is 19.1 Å². The Morgan fingerprint density at radius 1 is 1.16 bits per heavy atom. The lowest BCUT2D eigenvalue weighted by Gasteiger charge is -2.15. The molecule has 1 amide bonds. The highest BCUT2D eigenvalue weighted by Crippen LogP contribution is 2.22. The number of benzene rings is 2. The molecule has 2 aromatic carbocycles. The van der Waals surface area contributed by atoms with Crippen molar-refractivity contribution in [3.05, 3.63) is 64.7 Å². The summed E-state index contributed by atoms with van der Waals surface area (Å²) in [7, 11) is -3.51. The van der Waals surface area contributed by atoms with Crippen LogP contribution in [0, 0.1) is 0 Å². The van der Waals surface area contributed by atoms with Gasteiger partial charge < -0.3 is 5.32 Å². The van der Waals surface area contributed by atoms with Gasteiger partial charge in [-0.05, 0) is 61.7 Å². The van der Waals surface area contributed by atoms with Crippen molar-refractivity contribution >= 4 is 27.5 Å². The van der Waals surface area contributed by atoms with E-state index in [-0.39, 0.29) is 22.9 Å². The zero-order valence-corrected chi connectivity index (χ0v) is 15.3. The summed E-state index contributed by atoms with van der Waals surface area (Å²) in [5, 5.41) is 3.49. The number of nitrogens with one attached hydrogen (secondary N) is 2. The largest absolute Gasteiger partial charge is 0.346 e. The minimum absolute atomic E-state index is 0.0477. The molecule has 3 rings (SSSR count). The molecule has 0 unspecified atom stereocenters. The highest BCUT2D eigenvalue weighted by atomic mass is 35.5. The van der Waals surface area contributed by atoms with E-state index in [1.54, 1.807) is 12.1 Å². The number of amides is 1. The van der Waals surface area contributed by atoms with Crippen LogP contribution in [-0.2, 0) is 10.0 Å². The lowest BCUT2D eigenvalue weighted by atomic mass is 10.1. The molecule has 0 aliphatic heterocycles. The molecule has 1 atom stereocenters. The Balaban J connectivity index is 1.68. The number of carbonyl (C=O) groups is 1.